The number of carbonyl (C=O) groups excluding carboxylic acids is 4. The van der Waals surface area contributed by atoms with E-state index in [0.29, 0.717) is 19.5 Å². The Bertz CT molecular complexity index is 551. The lowest BCUT2D eigenvalue weighted by Crippen LogP contribution is -2.65. The predicted molar refractivity (Wildman–Crippen MR) is 90.6 cm³/mol. The lowest BCUT2D eigenvalue weighted by Gasteiger charge is -2.41. The molecule has 0 aromatic rings. The fraction of sp³-hybridized carbons (Fsp3) is 0.750. The smallest absolute Gasteiger partial charge is 0.318 e. The standard InChI is InChI=1S/C16H27N5O4/c1-10(2)18-16(25)21-8-7-20(11(3)22)9-13(21)15(24)19-12-5-4-6-17-14(12)23/h10,12-13H,4-9H2,1-3H3,(H,17,23)(H,18,25)(H,19,24). The molecule has 0 spiro atoms. The lowest BCUT2D eigenvalue weighted by atomic mass is 10.1. The van der Waals surface area contributed by atoms with Gasteiger partial charge in [-0.15, -0.1) is 0 Å². The normalized spacial score (nSPS) is 23.9. The first-order valence-electron chi connectivity index (χ1n) is 8.70. The van der Waals surface area contributed by atoms with E-state index in [1.165, 1.54) is 11.8 Å². The van der Waals surface area contributed by atoms with Gasteiger partial charge in [-0.1, -0.05) is 0 Å². The summed E-state index contributed by atoms with van der Waals surface area (Å²) in [5.41, 5.74) is 0. The minimum Gasteiger partial charge on any atom is -0.354 e. The number of nitrogens with zero attached hydrogens (tertiary/aromatic N) is 2. The van der Waals surface area contributed by atoms with Crippen LogP contribution in [0.1, 0.15) is 33.6 Å². The van der Waals surface area contributed by atoms with Gasteiger partial charge in [0.25, 0.3) is 0 Å². The fourth-order valence-electron chi connectivity index (χ4n) is 3.04. The first kappa shape index (κ1) is 19.0. The van der Waals surface area contributed by atoms with E-state index in [0.717, 1.165) is 6.42 Å². The zero-order chi connectivity index (χ0) is 18.6. The van der Waals surface area contributed by atoms with Crippen molar-refractivity contribution < 1.29 is 19.2 Å². The minimum absolute atomic E-state index is 0.0637. The molecule has 9 heteroatoms. The van der Waals surface area contributed by atoms with Gasteiger partial charge in [-0.2, -0.15) is 0 Å². The summed E-state index contributed by atoms with van der Waals surface area (Å²) >= 11 is 0. The highest BCUT2D eigenvalue weighted by Gasteiger charge is 2.38. The van der Waals surface area contributed by atoms with E-state index in [1.807, 2.05) is 13.8 Å². The van der Waals surface area contributed by atoms with E-state index in [1.54, 1.807) is 4.90 Å². The molecule has 9 nitrogen and oxygen atoms in total. The summed E-state index contributed by atoms with van der Waals surface area (Å²) in [6.45, 7) is 6.50. The first-order valence-corrected chi connectivity index (χ1v) is 8.70. The molecule has 2 aliphatic rings. The van der Waals surface area contributed by atoms with Crippen molar-refractivity contribution in [3.05, 3.63) is 0 Å². The van der Waals surface area contributed by atoms with Gasteiger partial charge in [0.2, 0.25) is 17.7 Å². The number of hydrogen-bond donors (Lipinski definition) is 3. The van der Waals surface area contributed by atoms with E-state index < -0.39 is 18.0 Å². The number of piperidine rings is 1. The summed E-state index contributed by atoms with van der Waals surface area (Å²) < 4.78 is 0. The second-order valence-corrected chi connectivity index (χ2v) is 6.77. The van der Waals surface area contributed by atoms with E-state index in [9.17, 15) is 19.2 Å². The minimum atomic E-state index is -0.814. The average molecular weight is 353 g/mol. The molecule has 2 heterocycles. The maximum atomic E-state index is 12.7. The molecule has 2 fully saturated rings. The summed E-state index contributed by atoms with van der Waals surface area (Å²) in [4.78, 5) is 51.7. The molecule has 2 rings (SSSR count). The number of rotatable bonds is 3. The van der Waals surface area contributed by atoms with Gasteiger partial charge in [-0.05, 0) is 26.7 Å². The predicted octanol–water partition coefficient (Wildman–Crippen LogP) is -0.968. The van der Waals surface area contributed by atoms with Crippen LogP contribution in [0.3, 0.4) is 0 Å². The van der Waals surface area contributed by atoms with Crippen molar-refractivity contribution in [3.63, 3.8) is 0 Å². The van der Waals surface area contributed by atoms with Crippen LogP contribution in [0.25, 0.3) is 0 Å². The molecule has 25 heavy (non-hydrogen) atoms. The highest BCUT2D eigenvalue weighted by molar-refractivity contribution is 5.92. The highest BCUT2D eigenvalue weighted by Crippen LogP contribution is 2.13. The zero-order valence-electron chi connectivity index (χ0n) is 15.0. The van der Waals surface area contributed by atoms with Crippen LogP contribution < -0.4 is 16.0 Å². The van der Waals surface area contributed by atoms with Gasteiger partial charge >= 0.3 is 6.03 Å². The Morgan fingerprint density at radius 1 is 1.24 bits per heavy atom. The third kappa shape index (κ3) is 4.83. The first-order chi connectivity index (χ1) is 11.8. The van der Waals surface area contributed by atoms with Crippen molar-refractivity contribution in [2.24, 2.45) is 0 Å². The summed E-state index contributed by atoms with van der Waals surface area (Å²) in [7, 11) is 0. The van der Waals surface area contributed by atoms with E-state index in [-0.39, 0.29) is 37.0 Å². The number of amides is 5. The van der Waals surface area contributed by atoms with Crippen molar-refractivity contribution in [3.8, 4) is 0 Å². The number of hydrogen-bond acceptors (Lipinski definition) is 4. The molecule has 2 aliphatic heterocycles. The largest absolute Gasteiger partial charge is 0.354 e. The van der Waals surface area contributed by atoms with Crippen LogP contribution >= 0.6 is 0 Å². The molecule has 0 aliphatic carbocycles. The second kappa shape index (κ2) is 8.17. The van der Waals surface area contributed by atoms with Crippen LogP contribution in [0, 0.1) is 0 Å². The molecule has 3 N–H and O–H groups in total. The summed E-state index contributed by atoms with van der Waals surface area (Å²) in [5.74, 6) is -0.763. The monoisotopic (exact) mass is 353 g/mol. The summed E-state index contributed by atoms with van der Waals surface area (Å²) in [6.07, 6.45) is 1.36. The number of nitrogens with one attached hydrogen (secondary N) is 3. The van der Waals surface area contributed by atoms with Crippen molar-refractivity contribution in [2.75, 3.05) is 26.2 Å². The molecular formula is C16H27N5O4. The zero-order valence-corrected chi connectivity index (χ0v) is 15.0. The Hall–Kier alpha value is -2.32. The van der Waals surface area contributed by atoms with Gasteiger partial charge in [-0.25, -0.2) is 4.79 Å². The SMILES string of the molecule is CC(=O)N1CCN(C(=O)NC(C)C)C(C(=O)NC2CCCNC2=O)C1. The lowest BCUT2D eigenvalue weighted by molar-refractivity contribution is -0.137. The van der Waals surface area contributed by atoms with Crippen molar-refractivity contribution >= 4 is 23.8 Å². The molecule has 2 unspecified atom stereocenters. The average Bonchev–Trinajstić information content (AvgIpc) is 2.55. The van der Waals surface area contributed by atoms with Crippen molar-refractivity contribution in [2.45, 2.75) is 51.7 Å². The Morgan fingerprint density at radius 3 is 2.56 bits per heavy atom. The van der Waals surface area contributed by atoms with Gasteiger partial charge < -0.3 is 25.8 Å². The quantitative estimate of drug-likeness (QED) is 0.606. The molecule has 5 amide bonds. The third-order valence-electron chi connectivity index (χ3n) is 4.40. The maximum absolute atomic E-state index is 12.7. The summed E-state index contributed by atoms with van der Waals surface area (Å²) in [5, 5.41) is 8.22. The number of urea groups is 1. The molecule has 0 radical (unpaired) electrons. The fourth-order valence-corrected chi connectivity index (χ4v) is 3.04. The third-order valence-corrected chi connectivity index (χ3v) is 4.40. The Labute approximate surface area is 147 Å². The Balaban J connectivity index is 2.10. The van der Waals surface area contributed by atoms with Crippen LogP contribution in [0.2, 0.25) is 0 Å². The van der Waals surface area contributed by atoms with Crippen molar-refractivity contribution in [1.29, 1.82) is 0 Å². The second-order valence-electron chi connectivity index (χ2n) is 6.77. The van der Waals surface area contributed by atoms with E-state index in [2.05, 4.69) is 16.0 Å². The van der Waals surface area contributed by atoms with Gasteiger partial charge in [0, 0.05) is 32.6 Å². The topological polar surface area (TPSA) is 111 Å². The Kier molecular flexibility index (Phi) is 6.22. The molecule has 2 saturated heterocycles. The molecule has 0 aromatic heterocycles. The number of piperazine rings is 1. The maximum Gasteiger partial charge on any atom is 0.318 e. The van der Waals surface area contributed by atoms with Crippen LogP contribution in [0.15, 0.2) is 0 Å². The van der Waals surface area contributed by atoms with Crippen LogP contribution in [-0.2, 0) is 14.4 Å². The molecule has 2 atom stereocenters. The van der Waals surface area contributed by atoms with Gasteiger partial charge in [-0.3, -0.25) is 14.4 Å². The summed E-state index contributed by atoms with van der Waals surface area (Å²) in [6, 6.07) is -1.81. The highest BCUT2D eigenvalue weighted by atomic mass is 16.2. The molecule has 140 valence electrons. The molecular weight excluding hydrogens is 326 g/mol. The van der Waals surface area contributed by atoms with Gasteiger partial charge in [0.1, 0.15) is 12.1 Å². The molecule has 0 saturated carbocycles. The number of carbonyl (C=O) groups is 4. The van der Waals surface area contributed by atoms with Gasteiger partial charge in [0.15, 0.2) is 0 Å². The van der Waals surface area contributed by atoms with Crippen LogP contribution in [-0.4, -0.2) is 77.9 Å². The van der Waals surface area contributed by atoms with Crippen molar-refractivity contribution in [1.82, 2.24) is 25.8 Å². The molecule has 0 bridgehead atoms. The van der Waals surface area contributed by atoms with E-state index >= 15 is 0 Å². The molecule has 0 aromatic carbocycles. The van der Waals surface area contributed by atoms with Gasteiger partial charge in [0.05, 0.1) is 6.54 Å². The van der Waals surface area contributed by atoms with E-state index in [4.69, 9.17) is 0 Å². The van der Waals surface area contributed by atoms with Crippen LogP contribution in [0.5, 0.6) is 0 Å². The van der Waals surface area contributed by atoms with Crippen LogP contribution in [0.4, 0.5) is 4.79 Å². The Morgan fingerprint density at radius 2 is 1.96 bits per heavy atom.